The summed E-state index contributed by atoms with van der Waals surface area (Å²) in [6, 6.07) is 5.12. The fraction of sp³-hybridized carbons (Fsp3) is 0.500. The van der Waals surface area contributed by atoms with Crippen molar-refractivity contribution in [1.82, 2.24) is 4.72 Å². The molecule has 1 aromatic carbocycles. The standard InChI is InChI=1S/C12H19BrN2O2S2/c1-9(18-2)5-6-15-19(16,17)12-7-10(8-14)3-4-11(12)13/h3-4,7,9,15H,5-6,8,14H2,1-2H3. The third kappa shape index (κ3) is 5.07. The van der Waals surface area contributed by atoms with Crippen molar-refractivity contribution in [2.45, 2.75) is 30.0 Å². The van der Waals surface area contributed by atoms with Gasteiger partial charge in [-0.2, -0.15) is 11.8 Å². The normalized spacial score (nSPS) is 13.5. The molecule has 0 aliphatic carbocycles. The van der Waals surface area contributed by atoms with Gasteiger partial charge in [-0.25, -0.2) is 13.1 Å². The van der Waals surface area contributed by atoms with Gasteiger partial charge in [0.05, 0.1) is 4.90 Å². The molecular weight excluding hydrogens is 348 g/mol. The third-order valence-electron chi connectivity index (χ3n) is 2.77. The summed E-state index contributed by atoms with van der Waals surface area (Å²) in [7, 11) is -3.49. The lowest BCUT2D eigenvalue weighted by atomic mass is 10.2. The largest absolute Gasteiger partial charge is 0.326 e. The summed E-state index contributed by atoms with van der Waals surface area (Å²) in [5.74, 6) is 0. The minimum Gasteiger partial charge on any atom is -0.326 e. The van der Waals surface area contributed by atoms with Crippen molar-refractivity contribution in [2.24, 2.45) is 5.73 Å². The molecule has 7 heteroatoms. The van der Waals surface area contributed by atoms with Gasteiger partial charge in [0.1, 0.15) is 0 Å². The predicted molar refractivity (Wildman–Crippen MR) is 84.8 cm³/mol. The minimum atomic E-state index is -3.49. The van der Waals surface area contributed by atoms with Gasteiger partial charge in [-0.15, -0.1) is 0 Å². The van der Waals surface area contributed by atoms with Gasteiger partial charge in [-0.3, -0.25) is 0 Å². The van der Waals surface area contributed by atoms with E-state index in [0.717, 1.165) is 12.0 Å². The molecule has 0 amide bonds. The molecule has 4 nitrogen and oxygen atoms in total. The van der Waals surface area contributed by atoms with E-state index in [9.17, 15) is 8.42 Å². The number of rotatable bonds is 7. The van der Waals surface area contributed by atoms with Gasteiger partial charge in [-0.1, -0.05) is 13.0 Å². The van der Waals surface area contributed by atoms with Crippen LogP contribution in [0.3, 0.4) is 0 Å². The van der Waals surface area contributed by atoms with Crippen molar-refractivity contribution in [3.8, 4) is 0 Å². The molecule has 1 unspecified atom stereocenters. The van der Waals surface area contributed by atoms with E-state index in [-0.39, 0.29) is 4.90 Å². The molecule has 0 fully saturated rings. The summed E-state index contributed by atoms with van der Waals surface area (Å²) < 4.78 is 27.6. The van der Waals surface area contributed by atoms with E-state index >= 15 is 0 Å². The zero-order valence-electron chi connectivity index (χ0n) is 11.0. The third-order valence-corrected chi connectivity index (χ3v) is 6.26. The van der Waals surface area contributed by atoms with Gasteiger partial charge < -0.3 is 5.73 Å². The van der Waals surface area contributed by atoms with E-state index in [1.807, 2.05) is 6.26 Å². The topological polar surface area (TPSA) is 72.2 Å². The number of nitrogens with one attached hydrogen (secondary N) is 1. The first-order chi connectivity index (χ1) is 8.90. The highest BCUT2D eigenvalue weighted by molar-refractivity contribution is 9.10. The molecule has 0 spiro atoms. The van der Waals surface area contributed by atoms with Gasteiger partial charge in [0, 0.05) is 22.8 Å². The van der Waals surface area contributed by atoms with Crippen LogP contribution in [0.25, 0.3) is 0 Å². The molecule has 0 saturated heterocycles. The van der Waals surface area contributed by atoms with Crippen molar-refractivity contribution in [1.29, 1.82) is 0 Å². The number of hydrogen-bond donors (Lipinski definition) is 2. The van der Waals surface area contributed by atoms with Crippen LogP contribution >= 0.6 is 27.7 Å². The summed E-state index contributed by atoms with van der Waals surface area (Å²) in [6.45, 7) is 2.83. The molecule has 1 rings (SSSR count). The molecule has 0 aliphatic heterocycles. The average Bonchev–Trinajstić information content (AvgIpc) is 2.38. The van der Waals surface area contributed by atoms with Crippen molar-refractivity contribution in [3.05, 3.63) is 28.2 Å². The van der Waals surface area contributed by atoms with Gasteiger partial charge in [0.15, 0.2) is 0 Å². The second-order valence-electron chi connectivity index (χ2n) is 4.20. The van der Waals surface area contributed by atoms with Gasteiger partial charge in [0.25, 0.3) is 0 Å². The lowest BCUT2D eigenvalue weighted by molar-refractivity contribution is 0.578. The van der Waals surface area contributed by atoms with Crippen LogP contribution in [0, 0.1) is 0 Å². The Kier molecular flexibility index (Phi) is 6.82. The molecule has 0 aliphatic rings. The van der Waals surface area contributed by atoms with Crippen LogP contribution in [0.1, 0.15) is 18.9 Å². The summed E-state index contributed by atoms with van der Waals surface area (Å²) in [4.78, 5) is 0.243. The fourth-order valence-corrected chi connectivity index (χ4v) is 3.89. The minimum absolute atomic E-state index is 0.243. The highest BCUT2D eigenvalue weighted by atomic mass is 79.9. The van der Waals surface area contributed by atoms with Gasteiger partial charge in [-0.05, 0) is 46.3 Å². The van der Waals surface area contributed by atoms with Crippen LogP contribution in [0.4, 0.5) is 0 Å². The van der Waals surface area contributed by atoms with Crippen molar-refractivity contribution in [3.63, 3.8) is 0 Å². The Morgan fingerprint density at radius 3 is 2.74 bits per heavy atom. The molecule has 108 valence electrons. The Balaban J connectivity index is 2.82. The maximum Gasteiger partial charge on any atom is 0.241 e. The number of hydrogen-bond acceptors (Lipinski definition) is 4. The maximum absolute atomic E-state index is 12.2. The summed E-state index contributed by atoms with van der Waals surface area (Å²) in [6.07, 6.45) is 2.81. The second kappa shape index (κ2) is 7.64. The smallest absolute Gasteiger partial charge is 0.241 e. The van der Waals surface area contributed by atoms with Crippen LogP contribution in [-0.4, -0.2) is 26.5 Å². The Morgan fingerprint density at radius 2 is 2.16 bits per heavy atom. The second-order valence-corrected chi connectivity index (χ2v) is 8.07. The molecule has 0 saturated carbocycles. The number of halogens is 1. The highest BCUT2D eigenvalue weighted by Crippen LogP contribution is 2.23. The first-order valence-corrected chi connectivity index (χ1v) is 9.48. The molecular formula is C12H19BrN2O2S2. The number of nitrogens with two attached hydrogens (primary N) is 1. The van der Waals surface area contributed by atoms with E-state index in [1.54, 1.807) is 30.0 Å². The van der Waals surface area contributed by atoms with Crippen LogP contribution in [-0.2, 0) is 16.6 Å². The Labute approximate surface area is 127 Å². The lowest BCUT2D eigenvalue weighted by Crippen LogP contribution is -2.26. The Morgan fingerprint density at radius 1 is 1.47 bits per heavy atom. The Bertz CT molecular complexity index is 520. The van der Waals surface area contributed by atoms with E-state index in [0.29, 0.717) is 22.8 Å². The summed E-state index contributed by atoms with van der Waals surface area (Å²) >= 11 is 4.99. The molecule has 1 aromatic rings. The summed E-state index contributed by atoms with van der Waals surface area (Å²) in [5.41, 5.74) is 6.33. The lowest BCUT2D eigenvalue weighted by Gasteiger charge is -2.11. The van der Waals surface area contributed by atoms with Crippen molar-refractivity contribution in [2.75, 3.05) is 12.8 Å². The fourth-order valence-electron chi connectivity index (χ4n) is 1.47. The van der Waals surface area contributed by atoms with Crippen LogP contribution in [0.5, 0.6) is 0 Å². The first-order valence-electron chi connectivity index (χ1n) is 5.91. The quantitative estimate of drug-likeness (QED) is 0.776. The number of thioether (sulfide) groups is 1. The molecule has 0 aromatic heterocycles. The van der Waals surface area contributed by atoms with E-state index < -0.39 is 10.0 Å². The zero-order chi connectivity index (χ0) is 14.5. The van der Waals surface area contributed by atoms with Gasteiger partial charge in [0.2, 0.25) is 10.0 Å². The van der Waals surface area contributed by atoms with E-state index in [1.165, 1.54) is 0 Å². The number of sulfonamides is 1. The molecule has 3 N–H and O–H groups in total. The van der Waals surface area contributed by atoms with Crippen LogP contribution in [0.15, 0.2) is 27.6 Å². The Hall–Kier alpha value is -0.0800. The highest BCUT2D eigenvalue weighted by Gasteiger charge is 2.17. The number of benzene rings is 1. The zero-order valence-corrected chi connectivity index (χ0v) is 14.2. The first kappa shape index (κ1) is 17.0. The van der Waals surface area contributed by atoms with Crippen molar-refractivity contribution < 1.29 is 8.42 Å². The molecule has 0 radical (unpaired) electrons. The summed E-state index contributed by atoms with van der Waals surface area (Å²) in [5, 5.41) is 0.432. The molecule has 1 atom stereocenters. The SMILES string of the molecule is CSC(C)CCNS(=O)(=O)c1cc(CN)ccc1Br. The maximum atomic E-state index is 12.2. The average molecular weight is 367 g/mol. The molecule has 0 heterocycles. The monoisotopic (exact) mass is 366 g/mol. The van der Waals surface area contributed by atoms with Crippen molar-refractivity contribution >= 4 is 37.7 Å². The van der Waals surface area contributed by atoms with Crippen LogP contribution in [0.2, 0.25) is 0 Å². The van der Waals surface area contributed by atoms with Crippen LogP contribution < -0.4 is 10.5 Å². The van der Waals surface area contributed by atoms with Gasteiger partial charge >= 0.3 is 0 Å². The van der Waals surface area contributed by atoms with E-state index in [4.69, 9.17) is 5.73 Å². The molecule has 19 heavy (non-hydrogen) atoms. The predicted octanol–water partition coefficient (Wildman–Crippen LogP) is 2.33. The molecule has 0 bridgehead atoms. The van der Waals surface area contributed by atoms with E-state index in [2.05, 4.69) is 27.6 Å².